The summed E-state index contributed by atoms with van der Waals surface area (Å²) in [5.41, 5.74) is 1.93. The molecule has 2 nitrogen and oxygen atoms in total. The van der Waals surface area contributed by atoms with Gasteiger partial charge in [0.15, 0.2) is 0 Å². The van der Waals surface area contributed by atoms with Crippen molar-refractivity contribution in [2.45, 2.75) is 38.0 Å². The van der Waals surface area contributed by atoms with Crippen LogP contribution in [0.15, 0.2) is 18.2 Å². The summed E-state index contributed by atoms with van der Waals surface area (Å²) in [7, 11) is 0. The first-order chi connectivity index (χ1) is 9.08. The number of carbonyl (C=O) groups is 1. The molecule has 1 fully saturated rings. The average Bonchev–Trinajstić information content (AvgIpc) is 2.41. The van der Waals surface area contributed by atoms with Crippen LogP contribution < -0.4 is 5.32 Å². The van der Waals surface area contributed by atoms with Crippen LogP contribution in [0.2, 0.25) is 0 Å². The first-order valence-corrected chi connectivity index (χ1v) is 8.27. The highest BCUT2D eigenvalue weighted by Crippen LogP contribution is 2.27. The molecule has 1 aromatic carbocycles. The number of carbonyl (C=O) groups excluding carboxylic acids is 1. The van der Waals surface area contributed by atoms with Crippen LogP contribution in [0, 0.1) is 16.4 Å². The molecule has 1 aliphatic carbocycles. The summed E-state index contributed by atoms with van der Waals surface area (Å²) >= 11 is 8.33. The number of amides is 1. The minimum atomic E-state index is 0.0427. The van der Waals surface area contributed by atoms with E-state index >= 15 is 0 Å². The molecule has 0 spiro atoms. The molecule has 104 valence electrons. The van der Waals surface area contributed by atoms with Crippen molar-refractivity contribution in [2.24, 2.45) is 5.92 Å². The number of rotatable bonds is 3. The molecular formula is C15H19ClINO. The average molecular weight is 392 g/mol. The van der Waals surface area contributed by atoms with E-state index in [9.17, 15) is 4.79 Å². The Morgan fingerprint density at radius 3 is 2.74 bits per heavy atom. The third-order valence-electron chi connectivity index (χ3n) is 3.76. The maximum absolute atomic E-state index is 12.2. The van der Waals surface area contributed by atoms with Gasteiger partial charge in [0.2, 0.25) is 0 Å². The molecule has 1 N–H and O–H groups in total. The van der Waals surface area contributed by atoms with Gasteiger partial charge < -0.3 is 5.32 Å². The fraction of sp³-hybridized carbons (Fsp3) is 0.533. The summed E-state index contributed by atoms with van der Waals surface area (Å²) in [5.74, 6) is 0.627. The van der Waals surface area contributed by atoms with E-state index in [0.29, 0.717) is 11.3 Å². The number of nitrogens with one attached hydrogen (secondary N) is 1. The highest BCUT2D eigenvalue weighted by molar-refractivity contribution is 14.1. The van der Waals surface area contributed by atoms with Gasteiger partial charge in [-0.1, -0.05) is 12.1 Å². The Hall–Kier alpha value is -0.290. The van der Waals surface area contributed by atoms with Gasteiger partial charge in [-0.15, -0.1) is 11.6 Å². The van der Waals surface area contributed by atoms with Crippen molar-refractivity contribution in [3.8, 4) is 0 Å². The van der Waals surface area contributed by atoms with Crippen LogP contribution in [0.25, 0.3) is 0 Å². The van der Waals surface area contributed by atoms with Crippen molar-refractivity contribution in [3.63, 3.8) is 0 Å². The molecule has 0 saturated heterocycles. The second-order valence-corrected chi connectivity index (χ2v) is 6.96. The van der Waals surface area contributed by atoms with Gasteiger partial charge in [0.05, 0.1) is 5.56 Å². The first-order valence-electron chi connectivity index (χ1n) is 6.75. The van der Waals surface area contributed by atoms with E-state index in [0.717, 1.165) is 46.9 Å². The molecule has 0 aromatic heterocycles. The van der Waals surface area contributed by atoms with E-state index < -0.39 is 0 Å². The Kier molecular flexibility index (Phi) is 5.51. The van der Waals surface area contributed by atoms with Crippen LogP contribution in [0.3, 0.4) is 0 Å². The van der Waals surface area contributed by atoms with Gasteiger partial charge in [0.1, 0.15) is 0 Å². The molecule has 1 aromatic rings. The molecule has 1 amide bonds. The summed E-state index contributed by atoms with van der Waals surface area (Å²) in [6.07, 6.45) is 4.40. The summed E-state index contributed by atoms with van der Waals surface area (Å²) < 4.78 is 1.04. The second-order valence-electron chi connectivity index (χ2n) is 5.26. The number of alkyl halides is 1. The van der Waals surface area contributed by atoms with Gasteiger partial charge in [-0.3, -0.25) is 4.79 Å². The molecule has 0 atom stereocenters. The van der Waals surface area contributed by atoms with Gasteiger partial charge in [-0.2, -0.15) is 0 Å². The predicted molar refractivity (Wildman–Crippen MR) is 87.8 cm³/mol. The fourth-order valence-corrected chi connectivity index (χ4v) is 3.34. The number of aryl methyl sites for hydroxylation is 1. The van der Waals surface area contributed by atoms with Crippen molar-refractivity contribution in [3.05, 3.63) is 32.9 Å². The fourth-order valence-electron chi connectivity index (χ4n) is 2.48. The van der Waals surface area contributed by atoms with Gasteiger partial charge in [-0.25, -0.2) is 0 Å². The molecule has 0 aliphatic heterocycles. The zero-order chi connectivity index (χ0) is 13.8. The molecule has 0 radical (unpaired) electrons. The number of halogens is 2. The van der Waals surface area contributed by atoms with E-state index in [1.807, 2.05) is 25.1 Å². The predicted octanol–water partition coefficient (Wildman–Crippen LogP) is 4.13. The Balaban J connectivity index is 1.89. The Labute approximate surface area is 133 Å². The van der Waals surface area contributed by atoms with Gasteiger partial charge >= 0.3 is 0 Å². The lowest BCUT2D eigenvalue weighted by molar-refractivity contribution is 0.0942. The van der Waals surface area contributed by atoms with Crippen LogP contribution in [-0.4, -0.2) is 17.8 Å². The molecule has 0 unspecified atom stereocenters. The molecular weight excluding hydrogens is 373 g/mol. The minimum Gasteiger partial charge on any atom is -0.352 e. The normalized spacial score (nSPS) is 23.1. The van der Waals surface area contributed by atoms with Gasteiger partial charge in [-0.05, 0) is 72.7 Å². The van der Waals surface area contributed by atoms with E-state index in [4.69, 9.17) is 11.6 Å². The topological polar surface area (TPSA) is 29.1 Å². The smallest absolute Gasteiger partial charge is 0.252 e. The third-order valence-corrected chi connectivity index (χ3v) is 5.63. The number of benzene rings is 1. The van der Waals surface area contributed by atoms with Crippen LogP contribution >= 0.6 is 34.2 Å². The van der Waals surface area contributed by atoms with Crippen molar-refractivity contribution in [1.29, 1.82) is 0 Å². The summed E-state index contributed by atoms with van der Waals surface area (Å²) in [4.78, 5) is 12.2. The summed E-state index contributed by atoms with van der Waals surface area (Å²) in [6, 6.07) is 5.85. The Bertz CT molecular complexity index is 455. The quantitative estimate of drug-likeness (QED) is 0.609. The summed E-state index contributed by atoms with van der Waals surface area (Å²) in [5, 5.41) is 3.40. The Morgan fingerprint density at radius 2 is 2.05 bits per heavy atom. The Morgan fingerprint density at radius 1 is 1.37 bits per heavy atom. The van der Waals surface area contributed by atoms with Crippen molar-refractivity contribution >= 4 is 40.1 Å². The standard InChI is InChI=1S/C15H19ClINO/c1-10-3-2-4-13(14(10)17)15(19)18-9-11-5-7-12(16)8-6-11/h2-4,11-12H,5-9H2,1H3,(H,18,19). The third kappa shape index (κ3) is 4.09. The molecule has 4 heteroatoms. The van der Waals surface area contributed by atoms with E-state index in [1.54, 1.807) is 0 Å². The van der Waals surface area contributed by atoms with Crippen molar-refractivity contribution < 1.29 is 4.79 Å². The van der Waals surface area contributed by atoms with E-state index in [-0.39, 0.29) is 5.91 Å². The second kappa shape index (κ2) is 6.93. The summed E-state index contributed by atoms with van der Waals surface area (Å²) in [6.45, 7) is 2.80. The maximum atomic E-state index is 12.2. The monoisotopic (exact) mass is 391 g/mol. The number of hydrogen-bond acceptors (Lipinski definition) is 1. The van der Waals surface area contributed by atoms with Crippen LogP contribution in [0.5, 0.6) is 0 Å². The molecule has 0 heterocycles. The van der Waals surface area contributed by atoms with Gasteiger partial charge in [0.25, 0.3) is 5.91 Å². The zero-order valence-corrected chi connectivity index (χ0v) is 14.0. The molecule has 1 saturated carbocycles. The lowest BCUT2D eigenvalue weighted by atomic mass is 9.89. The minimum absolute atomic E-state index is 0.0427. The van der Waals surface area contributed by atoms with E-state index in [1.165, 1.54) is 0 Å². The highest BCUT2D eigenvalue weighted by atomic mass is 127. The van der Waals surface area contributed by atoms with Crippen molar-refractivity contribution in [2.75, 3.05) is 6.54 Å². The zero-order valence-electron chi connectivity index (χ0n) is 11.1. The van der Waals surface area contributed by atoms with Crippen molar-refractivity contribution in [1.82, 2.24) is 5.32 Å². The molecule has 19 heavy (non-hydrogen) atoms. The van der Waals surface area contributed by atoms with Crippen LogP contribution in [0.1, 0.15) is 41.6 Å². The van der Waals surface area contributed by atoms with E-state index in [2.05, 4.69) is 27.9 Å². The largest absolute Gasteiger partial charge is 0.352 e. The lowest BCUT2D eigenvalue weighted by Crippen LogP contribution is -2.31. The molecule has 2 rings (SSSR count). The van der Waals surface area contributed by atoms with Gasteiger partial charge in [0, 0.05) is 15.5 Å². The lowest BCUT2D eigenvalue weighted by Gasteiger charge is -2.25. The molecule has 1 aliphatic rings. The first kappa shape index (κ1) is 15.1. The van der Waals surface area contributed by atoms with Crippen LogP contribution in [0.4, 0.5) is 0 Å². The number of hydrogen-bond donors (Lipinski definition) is 1. The molecule has 0 bridgehead atoms. The van der Waals surface area contributed by atoms with Crippen LogP contribution in [-0.2, 0) is 0 Å². The maximum Gasteiger partial charge on any atom is 0.252 e. The highest BCUT2D eigenvalue weighted by Gasteiger charge is 2.20. The SMILES string of the molecule is Cc1cccc(C(=O)NCC2CCC(Cl)CC2)c1I.